The van der Waals surface area contributed by atoms with E-state index in [-0.39, 0.29) is 5.95 Å². The SMILES string of the molecule is N#Cc1cccc(Nc2nc(N)nc3c2CNCC3)c1. The normalized spacial score (nSPS) is 13.3. The molecular formula is C14H14N6. The van der Waals surface area contributed by atoms with Crippen LogP contribution in [-0.4, -0.2) is 16.5 Å². The topological polar surface area (TPSA) is 99.7 Å². The third-order valence-electron chi connectivity index (χ3n) is 3.20. The van der Waals surface area contributed by atoms with Gasteiger partial charge in [-0.05, 0) is 18.2 Å². The molecule has 0 saturated heterocycles. The van der Waals surface area contributed by atoms with Crippen LogP contribution < -0.4 is 16.4 Å². The van der Waals surface area contributed by atoms with Crippen LogP contribution in [0.25, 0.3) is 0 Å². The number of fused-ring (bicyclic) bond motifs is 1. The molecule has 0 atom stereocenters. The molecule has 0 bridgehead atoms. The molecule has 4 N–H and O–H groups in total. The van der Waals surface area contributed by atoms with E-state index in [0.717, 1.165) is 36.5 Å². The molecule has 0 aliphatic carbocycles. The highest BCUT2D eigenvalue weighted by atomic mass is 15.1. The summed E-state index contributed by atoms with van der Waals surface area (Å²) < 4.78 is 0. The Bertz CT molecular complexity index is 689. The van der Waals surface area contributed by atoms with E-state index in [4.69, 9.17) is 11.0 Å². The monoisotopic (exact) mass is 266 g/mol. The van der Waals surface area contributed by atoms with Gasteiger partial charge in [-0.25, -0.2) is 4.98 Å². The van der Waals surface area contributed by atoms with Crippen molar-refractivity contribution in [2.75, 3.05) is 17.6 Å². The number of hydrogen-bond donors (Lipinski definition) is 3. The molecule has 0 spiro atoms. The highest BCUT2D eigenvalue weighted by Crippen LogP contribution is 2.24. The lowest BCUT2D eigenvalue weighted by Crippen LogP contribution is -2.26. The largest absolute Gasteiger partial charge is 0.368 e. The minimum absolute atomic E-state index is 0.268. The molecule has 100 valence electrons. The molecule has 3 rings (SSSR count). The van der Waals surface area contributed by atoms with E-state index in [2.05, 4.69) is 26.7 Å². The van der Waals surface area contributed by atoms with E-state index in [1.165, 1.54) is 0 Å². The van der Waals surface area contributed by atoms with Gasteiger partial charge in [0.1, 0.15) is 5.82 Å². The van der Waals surface area contributed by atoms with E-state index >= 15 is 0 Å². The fourth-order valence-corrected chi connectivity index (χ4v) is 2.27. The number of anilines is 3. The molecule has 1 aliphatic rings. The lowest BCUT2D eigenvalue weighted by atomic mass is 10.1. The Hall–Kier alpha value is -2.65. The van der Waals surface area contributed by atoms with Crippen LogP contribution in [0.1, 0.15) is 16.8 Å². The molecule has 2 heterocycles. The Morgan fingerprint density at radius 1 is 1.35 bits per heavy atom. The third kappa shape index (κ3) is 2.39. The van der Waals surface area contributed by atoms with Gasteiger partial charge in [0.15, 0.2) is 0 Å². The first kappa shape index (κ1) is 12.4. The molecule has 20 heavy (non-hydrogen) atoms. The van der Waals surface area contributed by atoms with E-state index in [1.807, 2.05) is 12.1 Å². The first-order chi connectivity index (χ1) is 9.76. The van der Waals surface area contributed by atoms with Crippen LogP contribution in [0, 0.1) is 11.3 Å². The van der Waals surface area contributed by atoms with Gasteiger partial charge >= 0.3 is 0 Å². The fourth-order valence-electron chi connectivity index (χ4n) is 2.27. The van der Waals surface area contributed by atoms with Crippen molar-refractivity contribution in [1.29, 1.82) is 5.26 Å². The molecule has 0 saturated carbocycles. The standard InChI is InChI=1S/C14H14N6/c15-7-9-2-1-3-10(6-9)18-13-11-8-17-5-4-12(11)19-14(16)20-13/h1-3,6,17H,4-5,8H2,(H3,16,18,19,20). The highest BCUT2D eigenvalue weighted by molar-refractivity contribution is 5.63. The van der Waals surface area contributed by atoms with E-state index in [1.54, 1.807) is 12.1 Å². The number of nitrogen functional groups attached to an aromatic ring is 1. The van der Waals surface area contributed by atoms with Gasteiger partial charge in [-0.2, -0.15) is 10.2 Å². The number of hydrogen-bond acceptors (Lipinski definition) is 6. The van der Waals surface area contributed by atoms with Crippen LogP contribution >= 0.6 is 0 Å². The molecule has 0 fully saturated rings. The van der Waals surface area contributed by atoms with Crippen LogP contribution in [0.2, 0.25) is 0 Å². The van der Waals surface area contributed by atoms with Gasteiger partial charge in [-0.1, -0.05) is 6.07 Å². The second-order valence-corrected chi connectivity index (χ2v) is 4.60. The lowest BCUT2D eigenvalue weighted by molar-refractivity contribution is 0.629. The van der Waals surface area contributed by atoms with Crippen LogP contribution in [0.3, 0.4) is 0 Å². The molecule has 0 amide bonds. The summed E-state index contributed by atoms with van der Waals surface area (Å²) in [6, 6.07) is 9.38. The maximum absolute atomic E-state index is 8.93. The second kappa shape index (κ2) is 5.15. The number of nitrogens with one attached hydrogen (secondary N) is 2. The zero-order chi connectivity index (χ0) is 13.9. The van der Waals surface area contributed by atoms with Crippen LogP contribution in [0.15, 0.2) is 24.3 Å². The first-order valence-electron chi connectivity index (χ1n) is 6.39. The maximum Gasteiger partial charge on any atom is 0.222 e. The van der Waals surface area contributed by atoms with Crippen molar-refractivity contribution in [1.82, 2.24) is 15.3 Å². The van der Waals surface area contributed by atoms with Crippen molar-refractivity contribution in [3.05, 3.63) is 41.1 Å². The van der Waals surface area contributed by atoms with Gasteiger partial charge in [0.2, 0.25) is 5.95 Å². The molecule has 0 radical (unpaired) electrons. The predicted octanol–water partition coefficient (Wildman–Crippen LogP) is 1.32. The summed E-state index contributed by atoms with van der Waals surface area (Å²) in [5, 5.41) is 15.5. The average Bonchev–Trinajstić information content (AvgIpc) is 2.47. The number of benzene rings is 1. The minimum Gasteiger partial charge on any atom is -0.368 e. The first-order valence-corrected chi connectivity index (χ1v) is 6.39. The van der Waals surface area contributed by atoms with Crippen molar-refractivity contribution < 1.29 is 0 Å². The van der Waals surface area contributed by atoms with E-state index in [0.29, 0.717) is 11.4 Å². The Balaban J connectivity index is 1.98. The highest BCUT2D eigenvalue weighted by Gasteiger charge is 2.16. The number of rotatable bonds is 2. The predicted molar refractivity (Wildman–Crippen MR) is 76.3 cm³/mol. The zero-order valence-corrected chi connectivity index (χ0v) is 10.8. The number of nitrogens with zero attached hydrogens (tertiary/aromatic N) is 3. The van der Waals surface area contributed by atoms with Gasteiger partial charge in [0, 0.05) is 30.8 Å². The molecule has 0 unspecified atom stereocenters. The molecule has 2 aromatic rings. The number of aromatic nitrogens is 2. The quantitative estimate of drug-likeness (QED) is 0.758. The Morgan fingerprint density at radius 2 is 2.25 bits per heavy atom. The van der Waals surface area contributed by atoms with Crippen LogP contribution in [0.5, 0.6) is 0 Å². The molecular weight excluding hydrogens is 252 g/mol. The van der Waals surface area contributed by atoms with E-state index < -0.39 is 0 Å². The Morgan fingerprint density at radius 3 is 3.10 bits per heavy atom. The third-order valence-corrected chi connectivity index (χ3v) is 3.20. The van der Waals surface area contributed by atoms with Gasteiger partial charge in [-0.15, -0.1) is 0 Å². The summed E-state index contributed by atoms with van der Waals surface area (Å²) in [6.45, 7) is 1.61. The summed E-state index contributed by atoms with van der Waals surface area (Å²) in [6.07, 6.45) is 0.842. The van der Waals surface area contributed by atoms with Crippen LogP contribution in [-0.2, 0) is 13.0 Å². The second-order valence-electron chi connectivity index (χ2n) is 4.60. The summed E-state index contributed by atoms with van der Waals surface area (Å²) in [7, 11) is 0. The van der Waals surface area contributed by atoms with Gasteiger partial charge in [-0.3, -0.25) is 0 Å². The van der Waals surface area contributed by atoms with Gasteiger partial charge in [0.25, 0.3) is 0 Å². The smallest absolute Gasteiger partial charge is 0.222 e. The summed E-state index contributed by atoms with van der Waals surface area (Å²) in [5.74, 6) is 0.972. The maximum atomic E-state index is 8.93. The number of nitriles is 1. The van der Waals surface area contributed by atoms with E-state index in [9.17, 15) is 0 Å². The molecule has 1 aromatic heterocycles. The molecule has 1 aliphatic heterocycles. The summed E-state index contributed by atoms with van der Waals surface area (Å²) in [4.78, 5) is 8.55. The molecule has 6 nitrogen and oxygen atoms in total. The lowest BCUT2D eigenvalue weighted by Gasteiger charge is -2.20. The molecule has 6 heteroatoms. The van der Waals surface area contributed by atoms with Crippen LogP contribution in [0.4, 0.5) is 17.5 Å². The van der Waals surface area contributed by atoms with Crippen molar-refractivity contribution >= 4 is 17.5 Å². The fraction of sp³-hybridized carbons (Fsp3) is 0.214. The van der Waals surface area contributed by atoms with Crippen molar-refractivity contribution in [3.8, 4) is 6.07 Å². The van der Waals surface area contributed by atoms with Gasteiger partial charge in [0.05, 0.1) is 17.3 Å². The van der Waals surface area contributed by atoms with Gasteiger partial charge < -0.3 is 16.4 Å². The number of nitrogens with two attached hydrogens (primary N) is 1. The summed E-state index contributed by atoms with van der Waals surface area (Å²) >= 11 is 0. The van der Waals surface area contributed by atoms with Crippen molar-refractivity contribution in [3.63, 3.8) is 0 Å². The van der Waals surface area contributed by atoms with Crippen molar-refractivity contribution in [2.45, 2.75) is 13.0 Å². The van der Waals surface area contributed by atoms with Crippen molar-refractivity contribution in [2.24, 2.45) is 0 Å². The molecule has 1 aromatic carbocycles. The Kier molecular flexibility index (Phi) is 3.19. The average molecular weight is 266 g/mol. The zero-order valence-electron chi connectivity index (χ0n) is 10.8. The summed E-state index contributed by atoms with van der Waals surface area (Å²) in [5.41, 5.74) is 9.19. The minimum atomic E-state index is 0.268. The Labute approximate surface area is 116 Å².